The number of aryl methyl sites for hydroxylation is 2. The smallest absolute Gasteiger partial charge is 0.234 e. The van der Waals surface area contributed by atoms with Gasteiger partial charge in [-0.15, -0.1) is 0 Å². The Balaban J connectivity index is 1.81. The first kappa shape index (κ1) is 14.0. The van der Waals surface area contributed by atoms with Gasteiger partial charge in [0.05, 0.1) is 6.54 Å². The third-order valence-electron chi connectivity index (χ3n) is 3.56. The molecule has 0 radical (unpaired) electrons. The van der Waals surface area contributed by atoms with Gasteiger partial charge in [-0.3, -0.25) is 9.69 Å². The van der Waals surface area contributed by atoms with Crippen molar-refractivity contribution in [3.8, 4) is 0 Å². The molecule has 0 saturated carbocycles. The van der Waals surface area contributed by atoms with Crippen LogP contribution in [0.2, 0.25) is 0 Å². The lowest BCUT2D eigenvalue weighted by molar-refractivity contribution is -0.122. The summed E-state index contributed by atoms with van der Waals surface area (Å²) in [6, 6.07) is 6.34. The summed E-state index contributed by atoms with van der Waals surface area (Å²) in [5.74, 6) is 0.114. The topological polar surface area (TPSA) is 44.4 Å². The van der Waals surface area contributed by atoms with Gasteiger partial charge in [0.2, 0.25) is 5.91 Å². The molecule has 1 aliphatic rings. The Bertz CT molecular complexity index is 439. The average molecular weight is 261 g/mol. The van der Waals surface area contributed by atoms with Crippen LogP contribution >= 0.6 is 0 Å². The quantitative estimate of drug-likeness (QED) is 0.843. The lowest BCUT2D eigenvalue weighted by atomic mass is 10.1. The van der Waals surface area contributed by atoms with Crippen LogP contribution in [-0.4, -0.2) is 43.5 Å². The predicted molar refractivity (Wildman–Crippen MR) is 77.1 cm³/mol. The van der Waals surface area contributed by atoms with E-state index in [0.717, 1.165) is 26.2 Å². The fraction of sp³-hybridized carbons (Fsp3) is 0.533. The number of nitrogens with zero attached hydrogens (tertiary/aromatic N) is 1. The third kappa shape index (κ3) is 4.33. The molecule has 0 unspecified atom stereocenters. The van der Waals surface area contributed by atoms with Gasteiger partial charge in [-0.1, -0.05) is 23.8 Å². The Morgan fingerprint density at radius 3 is 2.79 bits per heavy atom. The third-order valence-corrected chi connectivity index (χ3v) is 3.56. The van der Waals surface area contributed by atoms with E-state index < -0.39 is 0 Å². The SMILES string of the molecule is Cc1ccc(C)c(CNC(=O)CN2CCNCC2)c1. The summed E-state index contributed by atoms with van der Waals surface area (Å²) in [5.41, 5.74) is 3.67. The maximum atomic E-state index is 11.9. The monoisotopic (exact) mass is 261 g/mol. The Morgan fingerprint density at radius 1 is 1.32 bits per heavy atom. The van der Waals surface area contributed by atoms with Gasteiger partial charge in [0.15, 0.2) is 0 Å². The van der Waals surface area contributed by atoms with E-state index >= 15 is 0 Å². The summed E-state index contributed by atoms with van der Waals surface area (Å²) >= 11 is 0. The lowest BCUT2D eigenvalue weighted by Gasteiger charge is -2.26. The van der Waals surface area contributed by atoms with E-state index in [4.69, 9.17) is 0 Å². The minimum Gasteiger partial charge on any atom is -0.351 e. The largest absolute Gasteiger partial charge is 0.351 e. The molecule has 4 nitrogen and oxygen atoms in total. The molecule has 0 aliphatic carbocycles. The molecule has 0 bridgehead atoms. The van der Waals surface area contributed by atoms with Gasteiger partial charge in [-0.2, -0.15) is 0 Å². The van der Waals surface area contributed by atoms with Crippen LogP contribution in [0.5, 0.6) is 0 Å². The summed E-state index contributed by atoms with van der Waals surface area (Å²) in [4.78, 5) is 14.1. The van der Waals surface area contributed by atoms with Crippen LogP contribution in [0.4, 0.5) is 0 Å². The lowest BCUT2D eigenvalue weighted by Crippen LogP contribution is -2.47. The number of nitrogens with one attached hydrogen (secondary N) is 2. The number of amides is 1. The molecule has 1 aromatic carbocycles. The molecule has 4 heteroatoms. The number of piperazine rings is 1. The molecule has 1 amide bonds. The van der Waals surface area contributed by atoms with Crippen molar-refractivity contribution >= 4 is 5.91 Å². The van der Waals surface area contributed by atoms with Crippen molar-refractivity contribution in [2.75, 3.05) is 32.7 Å². The molecule has 2 rings (SSSR count). The minimum atomic E-state index is 0.114. The molecule has 1 fully saturated rings. The maximum Gasteiger partial charge on any atom is 0.234 e. The molecule has 1 aromatic rings. The number of carbonyl (C=O) groups is 1. The zero-order valence-corrected chi connectivity index (χ0v) is 11.8. The molecule has 104 valence electrons. The summed E-state index contributed by atoms with van der Waals surface area (Å²) < 4.78 is 0. The predicted octanol–water partition coefficient (Wildman–Crippen LogP) is 0.825. The minimum absolute atomic E-state index is 0.114. The highest BCUT2D eigenvalue weighted by Crippen LogP contribution is 2.10. The normalized spacial score (nSPS) is 16.3. The van der Waals surface area contributed by atoms with Crippen molar-refractivity contribution in [3.63, 3.8) is 0 Å². The van der Waals surface area contributed by atoms with E-state index in [2.05, 4.69) is 47.6 Å². The molecule has 0 atom stereocenters. The van der Waals surface area contributed by atoms with Gasteiger partial charge in [0, 0.05) is 32.7 Å². The summed E-state index contributed by atoms with van der Waals surface area (Å²) in [6.07, 6.45) is 0. The highest BCUT2D eigenvalue weighted by molar-refractivity contribution is 5.78. The van der Waals surface area contributed by atoms with Gasteiger partial charge < -0.3 is 10.6 Å². The Hall–Kier alpha value is -1.39. The number of benzene rings is 1. The van der Waals surface area contributed by atoms with Gasteiger partial charge in [0.1, 0.15) is 0 Å². The van der Waals surface area contributed by atoms with Crippen LogP contribution < -0.4 is 10.6 Å². The van der Waals surface area contributed by atoms with Crippen molar-refractivity contribution in [1.29, 1.82) is 0 Å². The molecule has 1 heterocycles. The first-order valence-electron chi connectivity index (χ1n) is 6.91. The highest BCUT2D eigenvalue weighted by atomic mass is 16.2. The van der Waals surface area contributed by atoms with Crippen LogP contribution in [0.25, 0.3) is 0 Å². The maximum absolute atomic E-state index is 11.9. The zero-order valence-electron chi connectivity index (χ0n) is 11.8. The van der Waals surface area contributed by atoms with Crippen molar-refractivity contribution < 1.29 is 4.79 Å². The van der Waals surface area contributed by atoms with E-state index in [-0.39, 0.29) is 5.91 Å². The molecule has 19 heavy (non-hydrogen) atoms. The van der Waals surface area contributed by atoms with Gasteiger partial charge in [-0.25, -0.2) is 0 Å². The van der Waals surface area contributed by atoms with E-state index in [9.17, 15) is 4.79 Å². The average Bonchev–Trinajstić information content (AvgIpc) is 2.41. The molecule has 1 aliphatic heterocycles. The second-order valence-corrected chi connectivity index (χ2v) is 5.23. The van der Waals surface area contributed by atoms with Crippen molar-refractivity contribution in [2.45, 2.75) is 20.4 Å². The van der Waals surface area contributed by atoms with Crippen LogP contribution in [0.15, 0.2) is 18.2 Å². The van der Waals surface area contributed by atoms with E-state index in [0.29, 0.717) is 13.1 Å². The fourth-order valence-electron chi connectivity index (χ4n) is 2.31. The Labute approximate surface area is 115 Å². The summed E-state index contributed by atoms with van der Waals surface area (Å²) in [5, 5.41) is 6.30. The number of rotatable bonds is 4. The molecular formula is C15H23N3O. The molecule has 0 spiro atoms. The first-order valence-corrected chi connectivity index (χ1v) is 6.91. The fourth-order valence-corrected chi connectivity index (χ4v) is 2.31. The van der Waals surface area contributed by atoms with E-state index in [1.54, 1.807) is 0 Å². The van der Waals surface area contributed by atoms with Crippen LogP contribution in [0, 0.1) is 13.8 Å². The number of hydrogen-bond acceptors (Lipinski definition) is 3. The van der Waals surface area contributed by atoms with Gasteiger partial charge in [-0.05, 0) is 25.0 Å². The molecule has 2 N–H and O–H groups in total. The second kappa shape index (κ2) is 6.68. The molecule has 0 aromatic heterocycles. The second-order valence-electron chi connectivity index (χ2n) is 5.23. The standard InChI is InChI=1S/C15H23N3O/c1-12-3-4-13(2)14(9-12)10-17-15(19)11-18-7-5-16-6-8-18/h3-4,9,16H,5-8,10-11H2,1-2H3,(H,17,19). The van der Waals surface area contributed by atoms with E-state index in [1.807, 2.05) is 0 Å². The van der Waals surface area contributed by atoms with Crippen LogP contribution in [0.1, 0.15) is 16.7 Å². The number of hydrogen-bond donors (Lipinski definition) is 2. The van der Waals surface area contributed by atoms with Crippen molar-refractivity contribution in [3.05, 3.63) is 34.9 Å². The molecule has 1 saturated heterocycles. The highest BCUT2D eigenvalue weighted by Gasteiger charge is 2.13. The Morgan fingerprint density at radius 2 is 2.05 bits per heavy atom. The Kier molecular flexibility index (Phi) is 4.93. The van der Waals surface area contributed by atoms with Crippen molar-refractivity contribution in [2.24, 2.45) is 0 Å². The van der Waals surface area contributed by atoms with Gasteiger partial charge >= 0.3 is 0 Å². The van der Waals surface area contributed by atoms with E-state index in [1.165, 1.54) is 16.7 Å². The summed E-state index contributed by atoms with van der Waals surface area (Å²) in [7, 11) is 0. The zero-order chi connectivity index (χ0) is 13.7. The number of carbonyl (C=O) groups excluding carboxylic acids is 1. The van der Waals surface area contributed by atoms with Crippen molar-refractivity contribution in [1.82, 2.24) is 15.5 Å². The summed E-state index contributed by atoms with van der Waals surface area (Å²) in [6.45, 7) is 9.15. The van der Waals surface area contributed by atoms with Crippen LogP contribution in [0.3, 0.4) is 0 Å². The first-order chi connectivity index (χ1) is 9.15. The van der Waals surface area contributed by atoms with Crippen LogP contribution in [-0.2, 0) is 11.3 Å². The van der Waals surface area contributed by atoms with Gasteiger partial charge in [0.25, 0.3) is 0 Å². The molecular weight excluding hydrogens is 238 g/mol.